The molecule has 57 heavy (non-hydrogen) atoms. The summed E-state index contributed by atoms with van der Waals surface area (Å²) in [5.74, 6) is -2.39. The zero-order valence-electron chi connectivity index (χ0n) is 35.9. The van der Waals surface area contributed by atoms with Gasteiger partial charge in [0, 0.05) is 12.8 Å². The fraction of sp³-hybridized carbons (Fsp3) is 0.800. The number of aliphatic hydroxyl groups is 1. The lowest BCUT2D eigenvalue weighted by molar-refractivity contribution is -0.147. The smallest absolute Gasteiger partial charge is 0.472 e. The van der Waals surface area contributed by atoms with Crippen molar-refractivity contribution in [1.29, 1.82) is 0 Å². The molecule has 332 valence electrons. The van der Waals surface area contributed by atoms with Crippen LogP contribution in [0.4, 0.5) is 0 Å². The van der Waals surface area contributed by atoms with Gasteiger partial charge in [-0.3, -0.25) is 18.6 Å². The largest absolute Gasteiger partial charge is 0.480 e. The quantitative estimate of drug-likeness (QED) is 0.0201. The number of carboxylic acid groups (broad SMARTS) is 1. The van der Waals surface area contributed by atoms with Crippen molar-refractivity contribution in [2.75, 3.05) is 19.8 Å². The minimum Gasteiger partial charge on any atom is -0.480 e. The topological polar surface area (TPSA) is 169 Å². The number of carbonyl (C=O) groups excluding carboxylic acids is 2. The summed E-state index contributed by atoms with van der Waals surface area (Å²) in [5, 5.41) is 21.8. The molecule has 3 unspecified atom stereocenters. The van der Waals surface area contributed by atoms with Crippen molar-refractivity contribution in [3.63, 3.8) is 0 Å². The fourth-order valence-corrected chi connectivity index (χ4v) is 6.86. The molecule has 0 radical (unpaired) electrons. The summed E-state index contributed by atoms with van der Waals surface area (Å²) in [6.07, 6.45) is 43.1. The second-order valence-electron chi connectivity index (χ2n) is 15.2. The van der Waals surface area contributed by atoms with E-state index in [2.05, 4.69) is 55.6 Å². The molecule has 0 spiro atoms. The van der Waals surface area contributed by atoms with E-state index in [4.69, 9.17) is 13.8 Å². The van der Waals surface area contributed by atoms with Gasteiger partial charge in [-0.15, -0.1) is 0 Å². The molecule has 0 saturated carbocycles. The van der Waals surface area contributed by atoms with E-state index >= 15 is 0 Å². The van der Waals surface area contributed by atoms with Crippen molar-refractivity contribution in [2.45, 2.75) is 212 Å². The molecule has 12 heteroatoms. The average Bonchev–Trinajstić information content (AvgIpc) is 3.18. The van der Waals surface area contributed by atoms with Crippen LogP contribution in [-0.4, -0.2) is 64.9 Å². The summed E-state index contributed by atoms with van der Waals surface area (Å²) in [6.45, 7) is 2.54. The molecule has 0 saturated heterocycles. The van der Waals surface area contributed by atoms with Crippen molar-refractivity contribution in [1.82, 2.24) is 5.32 Å². The van der Waals surface area contributed by atoms with Crippen LogP contribution in [-0.2, 0) is 32.7 Å². The third kappa shape index (κ3) is 40.3. The van der Waals surface area contributed by atoms with Crippen molar-refractivity contribution in [3.8, 4) is 0 Å². The Balaban J connectivity index is 3.90. The van der Waals surface area contributed by atoms with Crippen LogP contribution in [0.1, 0.15) is 200 Å². The van der Waals surface area contributed by atoms with Gasteiger partial charge in [0.05, 0.1) is 13.2 Å². The Morgan fingerprint density at radius 2 is 0.982 bits per heavy atom. The van der Waals surface area contributed by atoms with Crippen molar-refractivity contribution in [3.05, 3.63) is 36.5 Å². The summed E-state index contributed by atoms with van der Waals surface area (Å²) >= 11 is 0. The zero-order chi connectivity index (χ0) is 42.1. The van der Waals surface area contributed by atoms with E-state index in [1.807, 2.05) is 0 Å². The van der Waals surface area contributed by atoms with Gasteiger partial charge >= 0.3 is 19.8 Å². The van der Waals surface area contributed by atoms with E-state index in [9.17, 15) is 34.1 Å². The van der Waals surface area contributed by atoms with Gasteiger partial charge in [0.1, 0.15) is 12.7 Å². The lowest BCUT2D eigenvalue weighted by Gasteiger charge is -2.18. The van der Waals surface area contributed by atoms with Crippen LogP contribution in [0.2, 0.25) is 0 Å². The Morgan fingerprint density at radius 1 is 0.561 bits per heavy atom. The lowest BCUT2D eigenvalue weighted by atomic mass is 10.1. The van der Waals surface area contributed by atoms with Gasteiger partial charge in [-0.25, -0.2) is 9.36 Å². The molecule has 1 amide bonds. The number of rotatable bonds is 42. The molecular formula is C45H82NO10P. The first-order chi connectivity index (χ1) is 27.6. The summed E-state index contributed by atoms with van der Waals surface area (Å²) in [5.41, 5.74) is 0. The number of phosphoric acid groups is 1. The second kappa shape index (κ2) is 40.5. The molecule has 0 aromatic rings. The molecule has 0 aromatic heterocycles. The van der Waals surface area contributed by atoms with Gasteiger partial charge < -0.3 is 25.2 Å². The van der Waals surface area contributed by atoms with Crippen molar-refractivity contribution >= 4 is 25.7 Å². The van der Waals surface area contributed by atoms with Gasteiger partial charge in [0.2, 0.25) is 5.91 Å². The first-order valence-corrected chi connectivity index (χ1v) is 24.0. The van der Waals surface area contributed by atoms with Crippen LogP contribution < -0.4 is 5.32 Å². The maximum absolute atomic E-state index is 12.3. The van der Waals surface area contributed by atoms with Gasteiger partial charge in [-0.1, -0.05) is 159 Å². The van der Waals surface area contributed by atoms with Crippen LogP contribution in [0.25, 0.3) is 0 Å². The highest BCUT2D eigenvalue weighted by Crippen LogP contribution is 2.43. The highest BCUT2D eigenvalue weighted by Gasteiger charge is 2.28. The minimum absolute atomic E-state index is 0.143. The number of phosphoric ester groups is 1. The first-order valence-electron chi connectivity index (χ1n) is 22.5. The average molecular weight is 828 g/mol. The number of amides is 1. The Bertz CT molecular complexity index is 1110. The molecule has 11 nitrogen and oxygen atoms in total. The molecule has 0 aliphatic rings. The van der Waals surface area contributed by atoms with Crippen LogP contribution >= 0.6 is 7.82 Å². The molecular weight excluding hydrogens is 745 g/mol. The molecule has 0 fully saturated rings. The highest BCUT2D eigenvalue weighted by atomic mass is 31.2. The number of aliphatic carboxylic acids is 1. The Morgan fingerprint density at radius 3 is 1.49 bits per heavy atom. The SMILES string of the molecule is CCCC/C=C\C/C=C\CCCCCCCC(=O)OCC(O)COP(=O)(O)OCC(NC(=O)CCCCCCCCCCC/C=C/CCCCCCCC)C(=O)O. The maximum Gasteiger partial charge on any atom is 0.472 e. The number of aliphatic hydroxyl groups excluding tert-OH is 1. The van der Waals surface area contributed by atoms with Crippen LogP contribution in [0.5, 0.6) is 0 Å². The zero-order valence-corrected chi connectivity index (χ0v) is 36.8. The number of allylic oxidation sites excluding steroid dienone is 6. The molecule has 4 N–H and O–H groups in total. The van der Waals surface area contributed by atoms with Crippen LogP contribution in [0.3, 0.4) is 0 Å². The lowest BCUT2D eigenvalue weighted by Crippen LogP contribution is -2.43. The second-order valence-corrected chi connectivity index (χ2v) is 16.7. The van der Waals surface area contributed by atoms with Gasteiger partial charge in [-0.2, -0.15) is 0 Å². The molecule has 0 aliphatic heterocycles. The van der Waals surface area contributed by atoms with Gasteiger partial charge in [0.25, 0.3) is 0 Å². The summed E-state index contributed by atoms with van der Waals surface area (Å²) < 4.78 is 26.8. The van der Waals surface area contributed by atoms with Gasteiger partial charge in [0.15, 0.2) is 6.04 Å². The third-order valence-electron chi connectivity index (χ3n) is 9.65. The predicted octanol–water partition coefficient (Wildman–Crippen LogP) is 11.6. The molecule has 0 rings (SSSR count). The maximum atomic E-state index is 12.3. The number of ether oxygens (including phenoxy) is 1. The third-order valence-corrected chi connectivity index (χ3v) is 10.6. The van der Waals surface area contributed by atoms with Crippen LogP contribution in [0.15, 0.2) is 36.5 Å². The number of esters is 1. The number of carbonyl (C=O) groups is 3. The standard InChI is InChI=1S/C45H82NO10P/c1-3-5-7-9-11-13-15-17-19-20-21-22-23-24-26-28-30-32-34-36-43(48)46-42(45(50)51)40-56-57(52,53)55-39-41(47)38-54-44(49)37-35-33-31-29-27-25-18-16-14-12-10-8-6-4-2/h10,12,16-19,41-42,47H,3-9,11,13-15,20-40H2,1-2H3,(H,46,48)(H,50,51)(H,52,53)/b12-10-,18-16-,19-17+. The summed E-state index contributed by atoms with van der Waals surface area (Å²) in [6, 6.07) is -1.55. The Kier molecular flexibility index (Phi) is 38.8. The van der Waals surface area contributed by atoms with E-state index in [0.717, 1.165) is 64.2 Å². The summed E-state index contributed by atoms with van der Waals surface area (Å²) in [4.78, 5) is 45.9. The van der Waals surface area contributed by atoms with E-state index < -0.39 is 57.6 Å². The van der Waals surface area contributed by atoms with Crippen molar-refractivity contribution < 1.29 is 47.8 Å². The van der Waals surface area contributed by atoms with E-state index in [1.54, 1.807) is 0 Å². The molecule has 3 atom stereocenters. The van der Waals surface area contributed by atoms with E-state index in [-0.39, 0.29) is 12.8 Å². The molecule has 0 aliphatic carbocycles. The Hall–Kier alpha value is -2.30. The molecule has 0 heterocycles. The number of unbranched alkanes of at least 4 members (excludes halogenated alkanes) is 22. The Labute approximate surface area is 346 Å². The van der Waals surface area contributed by atoms with Crippen molar-refractivity contribution in [2.24, 2.45) is 0 Å². The summed E-state index contributed by atoms with van der Waals surface area (Å²) in [7, 11) is -4.76. The molecule has 0 aromatic carbocycles. The minimum atomic E-state index is -4.76. The van der Waals surface area contributed by atoms with E-state index in [0.29, 0.717) is 12.8 Å². The number of hydrogen-bond donors (Lipinski definition) is 4. The first kappa shape index (κ1) is 54.7. The highest BCUT2D eigenvalue weighted by molar-refractivity contribution is 7.47. The van der Waals surface area contributed by atoms with Crippen LogP contribution in [0, 0.1) is 0 Å². The predicted molar refractivity (Wildman–Crippen MR) is 231 cm³/mol. The normalized spacial score (nSPS) is 14.0. The van der Waals surface area contributed by atoms with E-state index in [1.165, 1.54) is 96.3 Å². The van der Waals surface area contributed by atoms with Gasteiger partial charge in [-0.05, 0) is 64.2 Å². The number of nitrogens with one attached hydrogen (secondary N) is 1. The number of carboxylic acids is 1. The fourth-order valence-electron chi connectivity index (χ4n) is 6.09. The monoisotopic (exact) mass is 828 g/mol. The number of hydrogen-bond acceptors (Lipinski definition) is 8. The molecule has 0 bridgehead atoms.